The average Bonchev–Trinajstić information content (AvgIpc) is 3.99. The molecule has 0 fully saturated rings. The van der Waals surface area contributed by atoms with E-state index in [-0.39, 0.29) is 0 Å². The number of hydrogen-bond acceptors (Lipinski definition) is 2. The van der Waals surface area contributed by atoms with Crippen molar-refractivity contribution in [2.45, 2.75) is 0 Å². The third-order valence-electron chi connectivity index (χ3n) is 12.6. The third-order valence-corrected chi connectivity index (χ3v) is 12.6. The quantitative estimate of drug-likeness (QED) is 0.168. The Kier molecular flexibility index (Phi) is 7.84. The van der Waals surface area contributed by atoms with Gasteiger partial charge >= 0.3 is 0 Å². The number of para-hydroxylation sites is 4. The molecular formula is C58H37N5. The van der Waals surface area contributed by atoms with Crippen molar-refractivity contribution in [3.8, 4) is 50.8 Å². The lowest BCUT2D eigenvalue weighted by Gasteiger charge is -2.12. The van der Waals surface area contributed by atoms with Crippen molar-refractivity contribution < 1.29 is 0 Å². The molecule has 0 amide bonds. The molecule has 4 aromatic heterocycles. The number of aromatic nitrogens is 5. The van der Waals surface area contributed by atoms with Crippen molar-refractivity contribution >= 4 is 65.5 Å². The molecule has 5 heteroatoms. The van der Waals surface area contributed by atoms with Crippen LogP contribution in [-0.4, -0.2) is 23.7 Å². The Morgan fingerprint density at radius 2 is 0.698 bits per heavy atom. The maximum atomic E-state index is 5.41. The van der Waals surface area contributed by atoms with E-state index in [9.17, 15) is 0 Å². The van der Waals surface area contributed by atoms with Gasteiger partial charge in [0, 0.05) is 55.1 Å². The fraction of sp³-hybridized carbons (Fsp3) is 0. The highest BCUT2D eigenvalue weighted by Gasteiger charge is 2.23. The first-order valence-corrected chi connectivity index (χ1v) is 21.4. The summed E-state index contributed by atoms with van der Waals surface area (Å²) in [5.74, 6) is 0.703. The molecular weight excluding hydrogens is 767 g/mol. The summed E-state index contributed by atoms with van der Waals surface area (Å²) in [5.41, 5.74) is 16.2. The standard InChI is InChI=1S/C58H37N5/c1-6-18-38(19-7-1)55-57-56(60-58(59-55)39-20-8-2-9-21-39)49-35-41(31-33-52(49)63(57)44-26-14-5-15-27-44)40-30-32-51-46(34-40)48-37-53-47(36-54(48)62(51)43-24-12-4-13-25-43)45-28-16-17-29-50(45)61(53)42-22-10-3-11-23-42/h1-37H. The second kappa shape index (κ2) is 14.0. The van der Waals surface area contributed by atoms with Crippen LogP contribution in [0, 0.1) is 0 Å². The Hall–Kier alpha value is -8.54. The van der Waals surface area contributed by atoms with Crippen LogP contribution in [0.3, 0.4) is 0 Å². The summed E-state index contributed by atoms with van der Waals surface area (Å²) < 4.78 is 7.16. The van der Waals surface area contributed by atoms with E-state index < -0.39 is 0 Å². The highest BCUT2D eigenvalue weighted by atomic mass is 15.0. The SMILES string of the molecule is c1ccc(-c2nc(-c3ccccc3)c3c(n2)c2cc(-c4ccc5c(c4)c4cc6c(cc4n5-c4ccccc4)c4ccccc4n6-c4ccccc4)ccc2n3-c2ccccc2)cc1. The van der Waals surface area contributed by atoms with Crippen molar-refractivity contribution in [3.05, 3.63) is 224 Å². The van der Waals surface area contributed by atoms with Crippen LogP contribution in [-0.2, 0) is 0 Å². The van der Waals surface area contributed by atoms with E-state index in [1.165, 1.54) is 38.1 Å². The zero-order valence-electron chi connectivity index (χ0n) is 34.1. The molecule has 4 heterocycles. The fourth-order valence-corrected chi connectivity index (χ4v) is 9.81. The Balaban J connectivity index is 1.09. The zero-order valence-corrected chi connectivity index (χ0v) is 34.1. The van der Waals surface area contributed by atoms with Gasteiger partial charge in [-0.3, -0.25) is 0 Å². The van der Waals surface area contributed by atoms with Gasteiger partial charge in [-0.2, -0.15) is 0 Å². The predicted molar refractivity (Wildman–Crippen MR) is 261 cm³/mol. The van der Waals surface area contributed by atoms with Crippen LogP contribution in [0.1, 0.15) is 0 Å². The van der Waals surface area contributed by atoms with E-state index in [1.54, 1.807) is 0 Å². The van der Waals surface area contributed by atoms with Gasteiger partial charge < -0.3 is 13.7 Å². The molecule has 0 N–H and O–H groups in total. The number of rotatable bonds is 6. The predicted octanol–water partition coefficient (Wildman–Crippen LogP) is 14.8. The molecule has 0 saturated carbocycles. The van der Waals surface area contributed by atoms with Crippen LogP contribution in [0.15, 0.2) is 224 Å². The Labute approximate surface area is 363 Å². The van der Waals surface area contributed by atoms with Gasteiger partial charge in [-0.15, -0.1) is 0 Å². The van der Waals surface area contributed by atoms with Crippen LogP contribution < -0.4 is 0 Å². The van der Waals surface area contributed by atoms with Crippen molar-refractivity contribution in [2.75, 3.05) is 0 Å². The van der Waals surface area contributed by atoms with Gasteiger partial charge in [0.1, 0.15) is 5.52 Å². The lowest BCUT2D eigenvalue weighted by atomic mass is 10.0. The molecule has 5 nitrogen and oxygen atoms in total. The molecule has 0 aliphatic rings. The summed E-state index contributed by atoms with van der Waals surface area (Å²) in [6.45, 7) is 0. The van der Waals surface area contributed by atoms with Gasteiger partial charge in [-0.05, 0) is 90.0 Å². The van der Waals surface area contributed by atoms with Crippen LogP contribution in [0.5, 0.6) is 0 Å². The van der Waals surface area contributed by atoms with E-state index in [2.05, 4.69) is 220 Å². The molecule has 0 aliphatic heterocycles. The second-order valence-electron chi connectivity index (χ2n) is 16.2. The number of benzene rings is 9. The van der Waals surface area contributed by atoms with Gasteiger partial charge in [0.2, 0.25) is 0 Å². The minimum atomic E-state index is 0.703. The average molecular weight is 804 g/mol. The van der Waals surface area contributed by atoms with Gasteiger partial charge in [0.15, 0.2) is 5.82 Å². The zero-order chi connectivity index (χ0) is 41.4. The van der Waals surface area contributed by atoms with Crippen molar-refractivity contribution in [1.29, 1.82) is 0 Å². The molecule has 13 aromatic rings. The van der Waals surface area contributed by atoms with Crippen LogP contribution in [0.4, 0.5) is 0 Å². The first kappa shape index (κ1) is 35.2. The molecule has 0 bridgehead atoms. The smallest absolute Gasteiger partial charge is 0.160 e. The van der Waals surface area contributed by atoms with Gasteiger partial charge in [-0.25, -0.2) is 9.97 Å². The Bertz CT molecular complexity index is 3870. The summed E-state index contributed by atoms with van der Waals surface area (Å²) in [5, 5.41) is 5.95. The molecule has 294 valence electrons. The molecule has 0 spiro atoms. The van der Waals surface area contributed by atoms with Gasteiger partial charge in [-0.1, -0.05) is 146 Å². The summed E-state index contributed by atoms with van der Waals surface area (Å²) in [6, 6.07) is 80.2. The largest absolute Gasteiger partial charge is 0.309 e. The first-order valence-electron chi connectivity index (χ1n) is 21.4. The number of hydrogen-bond donors (Lipinski definition) is 0. The van der Waals surface area contributed by atoms with Crippen molar-refractivity contribution in [3.63, 3.8) is 0 Å². The van der Waals surface area contributed by atoms with E-state index in [1.807, 2.05) is 18.2 Å². The topological polar surface area (TPSA) is 40.6 Å². The molecule has 9 aromatic carbocycles. The van der Waals surface area contributed by atoms with E-state index >= 15 is 0 Å². The van der Waals surface area contributed by atoms with E-state index in [0.717, 1.165) is 72.5 Å². The molecule has 13 rings (SSSR count). The maximum absolute atomic E-state index is 5.41. The fourth-order valence-electron chi connectivity index (χ4n) is 9.81. The summed E-state index contributed by atoms with van der Waals surface area (Å²) >= 11 is 0. The third kappa shape index (κ3) is 5.50. The normalized spacial score (nSPS) is 11.8. The number of fused-ring (bicyclic) bond motifs is 9. The first-order chi connectivity index (χ1) is 31.3. The molecule has 63 heavy (non-hydrogen) atoms. The van der Waals surface area contributed by atoms with Crippen molar-refractivity contribution in [1.82, 2.24) is 23.7 Å². The lowest BCUT2D eigenvalue weighted by Crippen LogP contribution is -1.99. The molecule has 0 atom stereocenters. The van der Waals surface area contributed by atoms with E-state index in [4.69, 9.17) is 9.97 Å². The van der Waals surface area contributed by atoms with Crippen LogP contribution in [0.2, 0.25) is 0 Å². The minimum Gasteiger partial charge on any atom is -0.309 e. The Morgan fingerprint density at radius 1 is 0.270 bits per heavy atom. The highest BCUT2D eigenvalue weighted by molar-refractivity contribution is 6.20. The number of nitrogens with zero attached hydrogens (tertiary/aromatic N) is 5. The molecule has 0 unspecified atom stereocenters. The lowest BCUT2D eigenvalue weighted by molar-refractivity contribution is 1.15. The monoisotopic (exact) mass is 803 g/mol. The van der Waals surface area contributed by atoms with Crippen LogP contribution >= 0.6 is 0 Å². The van der Waals surface area contributed by atoms with Gasteiger partial charge in [0.25, 0.3) is 0 Å². The summed E-state index contributed by atoms with van der Waals surface area (Å²) in [4.78, 5) is 10.7. The van der Waals surface area contributed by atoms with Gasteiger partial charge in [0.05, 0.1) is 38.8 Å². The maximum Gasteiger partial charge on any atom is 0.160 e. The Morgan fingerprint density at radius 3 is 1.29 bits per heavy atom. The van der Waals surface area contributed by atoms with Crippen LogP contribution in [0.25, 0.3) is 116 Å². The van der Waals surface area contributed by atoms with Crippen molar-refractivity contribution in [2.24, 2.45) is 0 Å². The molecule has 0 radical (unpaired) electrons. The second-order valence-corrected chi connectivity index (χ2v) is 16.2. The minimum absolute atomic E-state index is 0.703. The highest BCUT2D eigenvalue weighted by Crippen LogP contribution is 2.43. The van der Waals surface area contributed by atoms with E-state index in [0.29, 0.717) is 5.82 Å². The summed E-state index contributed by atoms with van der Waals surface area (Å²) in [7, 11) is 0. The molecule has 0 saturated heterocycles. The summed E-state index contributed by atoms with van der Waals surface area (Å²) in [6.07, 6.45) is 0. The molecule has 0 aliphatic carbocycles.